The van der Waals surface area contributed by atoms with Gasteiger partial charge in [0, 0.05) is 28.8 Å². The number of aromatic amines is 1. The number of aromatic nitrogens is 1. The summed E-state index contributed by atoms with van der Waals surface area (Å²) >= 11 is 0. The Morgan fingerprint density at radius 3 is 1.58 bits per heavy atom. The molecule has 0 saturated carbocycles. The number of cyclic esters (lactones) is 1. The van der Waals surface area contributed by atoms with Gasteiger partial charge in [-0.25, -0.2) is 9.59 Å². The van der Waals surface area contributed by atoms with Gasteiger partial charge in [-0.15, -0.1) is 0 Å². The highest BCUT2D eigenvalue weighted by Gasteiger charge is 2.36. The number of anilines is 1. The molecular formula is C44H61F3N2O17. The lowest BCUT2D eigenvalue weighted by Gasteiger charge is -2.17. The van der Waals surface area contributed by atoms with E-state index in [1.54, 1.807) is 0 Å². The fourth-order valence-corrected chi connectivity index (χ4v) is 6.26. The molecule has 1 saturated heterocycles. The number of pyridine rings is 1. The lowest BCUT2D eigenvalue weighted by Crippen LogP contribution is -2.32. The topological polar surface area (TPSA) is 221 Å². The van der Waals surface area contributed by atoms with Crippen LogP contribution >= 0.6 is 0 Å². The molecule has 1 fully saturated rings. The molecule has 0 spiro atoms. The van der Waals surface area contributed by atoms with Crippen LogP contribution in [0.2, 0.25) is 0 Å². The van der Waals surface area contributed by atoms with E-state index in [-0.39, 0.29) is 62.6 Å². The number of nitrogens with zero attached hydrogens (tertiary/aromatic N) is 1. The van der Waals surface area contributed by atoms with E-state index in [1.807, 2.05) is 0 Å². The first-order valence-corrected chi connectivity index (χ1v) is 21.6. The maximum Gasteiger partial charge on any atom is 0.417 e. The number of carbonyl (C=O) groups is 2. The number of hydrogen-bond acceptors (Lipinski definition) is 16. The number of rotatable bonds is 38. The van der Waals surface area contributed by atoms with Crippen molar-refractivity contribution in [1.29, 1.82) is 0 Å². The molecule has 370 valence electrons. The molecule has 1 amide bonds. The quantitative estimate of drug-likeness (QED) is 0.0699. The number of amides is 1. The van der Waals surface area contributed by atoms with Crippen LogP contribution in [0.1, 0.15) is 12.0 Å². The first-order chi connectivity index (χ1) is 32.1. The molecule has 2 heterocycles. The molecule has 22 heteroatoms. The molecule has 1 aliphatic heterocycles. The normalized spacial score (nSPS) is 14.6. The van der Waals surface area contributed by atoms with Gasteiger partial charge < -0.3 is 72.0 Å². The fourth-order valence-electron chi connectivity index (χ4n) is 6.26. The second-order valence-electron chi connectivity index (χ2n) is 14.2. The van der Waals surface area contributed by atoms with Gasteiger partial charge in [0.05, 0.1) is 157 Å². The van der Waals surface area contributed by atoms with Gasteiger partial charge in [0.2, 0.25) is 0 Å². The molecule has 0 aliphatic carbocycles. The average molecular weight is 947 g/mol. The van der Waals surface area contributed by atoms with Crippen molar-refractivity contribution in [2.24, 2.45) is 0 Å². The minimum absolute atomic E-state index is 0.00104. The Labute approximate surface area is 380 Å². The third kappa shape index (κ3) is 20.7. The highest BCUT2D eigenvalue weighted by Crippen LogP contribution is 2.37. The third-order valence-electron chi connectivity index (χ3n) is 9.42. The van der Waals surface area contributed by atoms with E-state index < -0.39 is 41.6 Å². The largest absolute Gasteiger partial charge is 0.479 e. The van der Waals surface area contributed by atoms with E-state index in [9.17, 15) is 32.7 Å². The van der Waals surface area contributed by atoms with Crippen LogP contribution in [0, 0.1) is 0 Å². The van der Waals surface area contributed by atoms with Gasteiger partial charge in [0.15, 0.2) is 6.10 Å². The molecule has 2 aromatic carbocycles. The number of carboxylic acid groups (broad SMARTS) is 1. The number of aliphatic hydroxyl groups excluding tert-OH is 1. The summed E-state index contributed by atoms with van der Waals surface area (Å²) in [6, 6.07) is 10.8. The molecule has 0 radical (unpaired) electrons. The van der Waals surface area contributed by atoms with Crippen molar-refractivity contribution in [1.82, 2.24) is 4.98 Å². The van der Waals surface area contributed by atoms with Crippen LogP contribution in [-0.4, -0.2) is 191 Å². The molecule has 4 rings (SSSR count). The first kappa shape index (κ1) is 54.3. The third-order valence-corrected chi connectivity index (χ3v) is 9.42. The SMILES string of the molecule is O=C(O)C(C[C@H]1CN(c2ccc3cc(-c4ccccc4C(F)(F)F)[nH]c(=O)c3c2)C(=O)O1)OCCOCCOCCOCCOCCOCCOCCOCCOCCOCCOCCO. The Bertz CT molecular complexity index is 1890. The van der Waals surface area contributed by atoms with Crippen LogP contribution < -0.4 is 10.5 Å². The van der Waals surface area contributed by atoms with Crippen molar-refractivity contribution in [3.05, 3.63) is 64.4 Å². The summed E-state index contributed by atoms with van der Waals surface area (Å²) in [6.07, 6.45) is -7.67. The molecule has 0 bridgehead atoms. The van der Waals surface area contributed by atoms with E-state index in [0.717, 1.165) is 6.07 Å². The minimum Gasteiger partial charge on any atom is -0.479 e. The predicted octanol–water partition coefficient (Wildman–Crippen LogP) is 3.56. The number of carboxylic acids is 1. The summed E-state index contributed by atoms with van der Waals surface area (Å²) in [5, 5.41) is 18.8. The second-order valence-corrected chi connectivity index (χ2v) is 14.2. The number of aliphatic hydroxyl groups is 1. The average Bonchev–Trinajstić information content (AvgIpc) is 3.67. The monoisotopic (exact) mass is 946 g/mol. The number of benzene rings is 2. The molecule has 19 nitrogen and oxygen atoms in total. The maximum atomic E-state index is 13.6. The second kappa shape index (κ2) is 31.6. The van der Waals surface area contributed by atoms with Gasteiger partial charge in [-0.2, -0.15) is 13.2 Å². The summed E-state index contributed by atoms with van der Waals surface area (Å²) in [5.74, 6) is -1.25. The zero-order valence-electron chi connectivity index (χ0n) is 36.8. The molecule has 1 aliphatic rings. The number of fused-ring (bicyclic) bond motifs is 1. The Balaban J connectivity index is 0.948. The van der Waals surface area contributed by atoms with E-state index in [0.29, 0.717) is 123 Å². The summed E-state index contributed by atoms with van der Waals surface area (Å²) in [6.45, 7) is 7.80. The summed E-state index contributed by atoms with van der Waals surface area (Å²) in [7, 11) is 0. The van der Waals surface area contributed by atoms with Crippen molar-refractivity contribution < 1.29 is 89.8 Å². The number of aliphatic carboxylic acids is 1. The molecular weight excluding hydrogens is 885 g/mol. The highest BCUT2D eigenvalue weighted by molar-refractivity contribution is 5.95. The van der Waals surface area contributed by atoms with Crippen molar-refractivity contribution in [2.75, 3.05) is 157 Å². The Kier molecular flexibility index (Phi) is 26.0. The standard InChI is InChI=1S/C44H61F3N2O17/c45-44(46,47)38-4-2-1-3-36(38)39-29-33-5-6-34(30-37(33)41(51)48-39)49-32-35(66-43(49)54)31-40(42(52)53)65-28-27-64-26-25-63-24-23-62-22-21-61-20-19-60-18-17-59-16-15-58-14-13-57-12-11-56-10-9-55-8-7-50/h1-6,29-30,35,40,50H,7-28,31-32H2,(H,48,51)(H,52,53)/t35-,40?/m0/s1. The minimum atomic E-state index is -4.63. The zero-order valence-corrected chi connectivity index (χ0v) is 36.8. The smallest absolute Gasteiger partial charge is 0.417 e. The molecule has 3 N–H and O–H groups in total. The molecule has 1 unspecified atom stereocenters. The van der Waals surface area contributed by atoms with Crippen LogP contribution in [-0.2, 0) is 67.8 Å². The van der Waals surface area contributed by atoms with Crippen molar-refractivity contribution in [3.8, 4) is 11.3 Å². The van der Waals surface area contributed by atoms with E-state index in [2.05, 4.69) is 4.98 Å². The summed E-state index contributed by atoms with van der Waals surface area (Å²) in [4.78, 5) is 41.5. The highest BCUT2D eigenvalue weighted by atomic mass is 19.4. The van der Waals surface area contributed by atoms with Gasteiger partial charge in [0.1, 0.15) is 6.10 Å². The Hall–Kier alpha value is -4.30. The molecule has 2 atom stereocenters. The van der Waals surface area contributed by atoms with Gasteiger partial charge >= 0.3 is 18.2 Å². The van der Waals surface area contributed by atoms with Gasteiger partial charge in [-0.05, 0) is 29.7 Å². The van der Waals surface area contributed by atoms with Crippen LogP contribution in [0.3, 0.4) is 0 Å². The molecule has 1 aromatic heterocycles. The zero-order chi connectivity index (χ0) is 47.2. The Morgan fingerprint density at radius 1 is 0.667 bits per heavy atom. The van der Waals surface area contributed by atoms with E-state index in [4.69, 9.17) is 61.9 Å². The number of hydrogen-bond donors (Lipinski definition) is 3. The molecule has 3 aromatic rings. The number of H-pyrrole nitrogens is 1. The Morgan fingerprint density at radius 2 is 1.12 bits per heavy atom. The lowest BCUT2D eigenvalue weighted by atomic mass is 10.0. The van der Waals surface area contributed by atoms with E-state index >= 15 is 0 Å². The first-order valence-electron chi connectivity index (χ1n) is 21.6. The van der Waals surface area contributed by atoms with Crippen molar-refractivity contribution >= 4 is 28.5 Å². The van der Waals surface area contributed by atoms with Crippen molar-refractivity contribution in [2.45, 2.75) is 24.8 Å². The van der Waals surface area contributed by atoms with Gasteiger partial charge in [-0.1, -0.05) is 24.3 Å². The number of ether oxygens (including phenoxy) is 12. The van der Waals surface area contributed by atoms with Crippen LogP contribution in [0.4, 0.5) is 23.7 Å². The number of halogens is 3. The summed E-state index contributed by atoms with van der Waals surface area (Å²) in [5.41, 5.74) is -1.45. The lowest BCUT2D eigenvalue weighted by molar-refractivity contribution is -0.153. The fraction of sp³-hybridized carbons (Fsp3) is 0.614. The maximum absolute atomic E-state index is 13.6. The number of nitrogens with one attached hydrogen (secondary N) is 1. The van der Waals surface area contributed by atoms with Crippen LogP contribution in [0.25, 0.3) is 22.0 Å². The van der Waals surface area contributed by atoms with Crippen LogP contribution in [0.15, 0.2) is 53.3 Å². The molecule has 66 heavy (non-hydrogen) atoms. The van der Waals surface area contributed by atoms with E-state index in [1.165, 1.54) is 47.4 Å². The number of alkyl halides is 3. The van der Waals surface area contributed by atoms with Crippen molar-refractivity contribution in [3.63, 3.8) is 0 Å². The van der Waals surface area contributed by atoms with Gasteiger partial charge in [-0.3, -0.25) is 9.69 Å². The summed E-state index contributed by atoms with van der Waals surface area (Å²) < 4.78 is 106. The van der Waals surface area contributed by atoms with Crippen LogP contribution in [0.5, 0.6) is 0 Å². The van der Waals surface area contributed by atoms with Gasteiger partial charge in [0.25, 0.3) is 5.56 Å². The number of carbonyl (C=O) groups excluding carboxylic acids is 1. The predicted molar refractivity (Wildman–Crippen MR) is 230 cm³/mol.